The SMILES string of the molecule is CCCC(=O)Nc1ccc(N2CCN([C@H](c3ccccc3)c3ccc(Cl)cc3)CC2)cc1C(=O)O. The van der Waals surface area contributed by atoms with Crippen molar-refractivity contribution < 1.29 is 14.7 Å². The van der Waals surface area contributed by atoms with Gasteiger partial charge in [0.25, 0.3) is 0 Å². The van der Waals surface area contributed by atoms with Crippen LogP contribution < -0.4 is 10.2 Å². The van der Waals surface area contributed by atoms with Gasteiger partial charge in [-0.3, -0.25) is 9.69 Å². The molecule has 0 aromatic heterocycles. The maximum Gasteiger partial charge on any atom is 0.337 e. The third-order valence-electron chi connectivity index (χ3n) is 6.33. The van der Waals surface area contributed by atoms with Gasteiger partial charge in [0, 0.05) is 43.3 Å². The number of carbonyl (C=O) groups excluding carboxylic acids is 1. The first-order valence-corrected chi connectivity index (χ1v) is 12.3. The number of benzene rings is 3. The van der Waals surface area contributed by atoms with Crippen LogP contribution in [0, 0.1) is 0 Å². The van der Waals surface area contributed by atoms with E-state index in [1.54, 1.807) is 12.1 Å². The lowest BCUT2D eigenvalue weighted by atomic mass is 9.96. The molecule has 1 heterocycles. The van der Waals surface area contributed by atoms with Gasteiger partial charge in [0.05, 0.1) is 17.3 Å². The number of carboxylic acids is 1. The Morgan fingerprint density at radius 3 is 2.23 bits per heavy atom. The number of rotatable bonds is 8. The Balaban J connectivity index is 1.52. The Morgan fingerprint density at radius 1 is 0.943 bits per heavy atom. The van der Waals surface area contributed by atoms with E-state index in [2.05, 4.69) is 51.5 Å². The van der Waals surface area contributed by atoms with Crippen LogP contribution in [0.15, 0.2) is 72.8 Å². The molecule has 0 radical (unpaired) electrons. The predicted molar refractivity (Wildman–Crippen MR) is 140 cm³/mol. The van der Waals surface area contributed by atoms with E-state index in [4.69, 9.17) is 11.6 Å². The van der Waals surface area contributed by atoms with Crippen LogP contribution in [0.2, 0.25) is 5.02 Å². The molecule has 1 aliphatic rings. The summed E-state index contributed by atoms with van der Waals surface area (Å²) in [7, 11) is 0. The molecule has 4 rings (SSSR count). The molecule has 0 bridgehead atoms. The number of carbonyl (C=O) groups is 2. The van der Waals surface area contributed by atoms with Gasteiger partial charge >= 0.3 is 5.97 Å². The highest BCUT2D eigenvalue weighted by Gasteiger charge is 2.27. The monoisotopic (exact) mass is 491 g/mol. The van der Waals surface area contributed by atoms with Gasteiger partial charge in [-0.15, -0.1) is 0 Å². The first-order valence-electron chi connectivity index (χ1n) is 11.9. The summed E-state index contributed by atoms with van der Waals surface area (Å²) < 4.78 is 0. The Kier molecular flexibility index (Phi) is 8.06. The number of nitrogens with zero attached hydrogens (tertiary/aromatic N) is 2. The van der Waals surface area contributed by atoms with Crippen LogP contribution in [0.4, 0.5) is 11.4 Å². The van der Waals surface area contributed by atoms with Crippen molar-refractivity contribution in [1.29, 1.82) is 0 Å². The third-order valence-corrected chi connectivity index (χ3v) is 6.58. The lowest BCUT2D eigenvalue weighted by Gasteiger charge is -2.40. The van der Waals surface area contributed by atoms with Gasteiger partial charge in [0.15, 0.2) is 0 Å². The molecule has 0 unspecified atom stereocenters. The molecule has 0 spiro atoms. The van der Waals surface area contributed by atoms with Crippen LogP contribution in [-0.2, 0) is 4.79 Å². The van der Waals surface area contributed by atoms with Crippen LogP contribution in [0.1, 0.15) is 47.3 Å². The molecule has 1 atom stereocenters. The molecule has 182 valence electrons. The number of halogens is 1. The minimum atomic E-state index is -1.05. The average Bonchev–Trinajstić information content (AvgIpc) is 2.87. The Morgan fingerprint density at radius 2 is 1.60 bits per heavy atom. The van der Waals surface area contributed by atoms with Crippen LogP contribution in [0.3, 0.4) is 0 Å². The molecule has 0 saturated carbocycles. The molecule has 2 N–H and O–H groups in total. The van der Waals surface area contributed by atoms with E-state index in [-0.39, 0.29) is 17.5 Å². The summed E-state index contributed by atoms with van der Waals surface area (Å²) in [5, 5.41) is 13.2. The summed E-state index contributed by atoms with van der Waals surface area (Å²) in [5.74, 6) is -1.23. The largest absolute Gasteiger partial charge is 0.478 e. The first kappa shape index (κ1) is 24.8. The maximum atomic E-state index is 12.0. The molecule has 1 fully saturated rings. The van der Waals surface area contributed by atoms with Crippen molar-refractivity contribution in [3.05, 3.63) is 94.5 Å². The van der Waals surface area contributed by atoms with Gasteiger partial charge in [0.2, 0.25) is 5.91 Å². The van der Waals surface area contributed by atoms with Crippen LogP contribution in [0.5, 0.6) is 0 Å². The molecule has 1 amide bonds. The van der Waals surface area contributed by atoms with Gasteiger partial charge in [-0.1, -0.05) is 61.0 Å². The zero-order valence-electron chi connectivity index (χ0n) is 19.8. The first-order chi connectivity index (χ1) is 17.0. The minimum Gasteiger partial charge on any atom is -0.478 e. The molecule has 1 saturated heterocycles. The standard InChI is InChI=1S/C28H30ClN3O3/c1-2-6-26(33)30-25-14-13-23(19-24(25)28(34)35)31-15-17-32(18-16-31)27(20-7-4-3-5-8-20)21-9-11-22(29)12-10-21/h3-5,7-14,19,27H,2,6,15-18H2,1H3,(H,30,33)(H,34,35)/t27-/m1/s1. The summed E-state index contributed by atoms with van der Waals surface area (Å²) >= 11 is 6.14. The Hall–Kier alpha value is -3.35. The molecule has 1 aliphatic heterocycles. The van der Waals surface area contributed by atoms with Crippen LogP contribution in [0.25, 0.3) is 0 Å². The van der Waals surface area contributed by atoms with Gasteiger partial charge in [-0.25, -0.2) is 4.79 Å². The highest BCUT2D eigenvalue weighted by atomic mass is 35.5. The van der Waals surface area contributed by atoms with Crippen molar-refractivity contribution in [1.82, 2.24) is 4.90 Å². The highest BCUT2D eigenvalue weighted by Crippen LogP contribution is 2.32. The second-order valence-corrected chi connectivity index (χ2v) is 9.16. The summed E-state index contributed by atoms with van der Waals surface area (Å²) in [5.41, 5.74) is 3.71. The second-order valence-electron chi connectivity index (χ2n) is 8.72. The Labute approximate surface area is 211 Å². The quantitative estimate of drug-likeness (QED) is 0.423. The normalized spacial score (nSPS) is 15.0. The number of piperazine rings is 1. The van der Waals surface area contributed by atoms with Crippen molar-refractivity contribution in [2.24, 2.45) is 0 Å². The molecule has 3 aromatic carbocycles. The zero-order valence-corrected chi connectivity index (χ0v) is 20.5. The number of anilines is 2. The molecular weight excluding hydrogens is 462 g/mol. The van der Waals surface area contributed by atoms with E-state index in [1.165, 1.54) is 11.1 Å². The van der Waals surface area contributed by atoms with Gasteiger partial charge in [-0.2, -0.15) is 0 Å². The van der Waals surface area contributed by atoms with E-state index < -0.39 is 5.97 Å². The fourth-order valence-electron chi connectivity index (χ4n) is 4.59. The number of aromatic carboxylic acids is 1. The summed E-state index contributed by atoms with van der Waals surface area (Å²) in [6, 6.07) is 23.8. The highest BCUT2D eigenvalue weighted by molar-refractivity contribution is 6.30. The fraction of sp³-hybridized carbons (Fsp3) is 0.286. The van der Waals surface area contributed by atoms with Crippen LogP contribution >= 0.6 is 11.6 Å². The van der Waals surface area contributed by atoms with Crippen molar-refractivity contribution in [3.8, 4) is 0 Å². The molecular formula is C28H30ClN3O3. The van der Waals surface area contributed by atoms with E-state index >= 15 is 0 Å². The van der Waals surface area contributed by atoms with Crippen molar-refractivity contribution >= 4 is 34.9 Å². The van der Waals surface area contributed by atoms with E-state index in [0.717, 1.165) is 31.9 Å². The van der Waals surface area contributed by atoms with E-state index in [1.807, 2.05) is 31.2 Å². The molecule has 35 heavy (non-hydrogen) atoms. The number of nitrogens with one attached hydrogen (secondary N) is 1. The molecule has 0 aliphatic carbocycles. The topological polar surface area (TPSA) is 72.9 Å². The van der Waals surface area contributed by atoms with Gasteiger partial charge < -0.3 is 15.3 Å². The van der Waals surface area contributed by atoms with E-state index in [9.17, 15) is 14.7 Å². The number of carboxylic acid groups (broad SMARTS) is 1. The fourth-order valence-corrected chi connectivity index (χ4v) is 4.71. The van der Waals surface area contributed by atoms with Crippen molar-refractivity contribution in [2.75, 3.05) is 36.4 Å². The number of hydrogen-bond donors (Lipinski definition) is 2. The zero-order chi connectivity index (χ0) is 24.8. The summed E-state index contributed by atoms with van der Waals surface area (Å²) in [6.45, 7) is 5.07. The summed E-state index contributed by atoms with van der Waals surface area (Å²) in [6.07, 6.45) is 1.07. The summed E-state index contributed by atoms with van der Waals surface area (Å²) in [4.78, 5) is 28.5. The van der Waals surface area contributed by atoms with Gasteiger partial charge in [-0.05, 0) is 47.9 Å². The molecule has 3 aromatic rings. The Bertz CT molecular complexity index is 1160. The smallest absolute Gasteiger partial charge is 0.337 e. The minimum absolute atomic E-state index is 0.109. The maximum absolute atomic E-state index is 12.0. The predicted octanol–water partition coefficient (Wildman–Crippen LogP) is 5.69. The lowest BCUT2D eigenvalue weighted by molar-refractivity contribution is -0.116. The third kappa shape index (κ3) is 6.02. The van der Waals surface area contributed by atoms with Gasteiger partial charge in [0.1, 0.15) is 0 Å². The van der Waals surface area contributed by atoms with Crippen molar-refractivity contribution in [3.63, 3.8) is 0 Å². The molecule has 6 nitrogen and oxygen atoms in total. The average molecular weight is 492 g/mol. The van der Waals surface area contributed by atoms with E-state index in [0.29, 0.717) is 23.6 Å². The second kappa shape index (κ2) is 11.4. The molecule has 7 heteroatoms. The number of hydrogen-bond acceptors (Lipinski definition) is 4. The lowest BCUT2D eigenvalue weighted by Crippen LogP contribution is -2.48. The van der Waals surface area contributed by atoms with Crippen molar-refractivity contribution in [2.45, 2.75) is 25.8 Å². The number of amides is 1. The van der Waals surface area contributed by atoms with Crippen LogP contribution in [-0.4, -0.2) is 48.1 Å².